The molecule has 2 rings (SSSR count). The third-order valence-corrected chi connectivity index (χ3v) is 2.59. The fourth-order valence-corrected chi connectivity index (χ4v) is 1.57. The molecule has 104 valence electrons. The molecule has 5 heteroatoms. The van der Waals surface area contributed by atoms with Crippen LogP contribution >= 0.6 is 0 Å². The molecule has 0 aliphatic heterocycles. The Morgan fingerprint density at radius 1 is 0.905 bits per heavy atom. The number of rotatable bonds is 4. The predicted molar refractivity (Wildman–Crippen MR) is 82.8 cm³/mol. The number of aromatic hydroxyl groups is 1. The van der Waals surface area contributed by atoms with Crippen molar-refractivity contribution in [3.63, 3.8) is 0 Å². The summed E-state index contributed by atoms with van der Waals surface area (Å²) in [7, 11) is 3.66. The fraction of sp³-hybridized carbons (Fsp3) is 0.125. The van der Waals surface area contributed by atoms with E-state index in [2.05, 4.69) is 10.3 Å². The number of benzene rings is 2. The summed E-state index contributed by atoms with van der Waals surface area (Å²) >= 11 is 0. The molecule has 0 aliphatic rings. The van der Waals surface area contributed by atoms with Gasteiger partial charge in [-0.15, -0.1) is 5.11 Å². The Morgan fingerprint density at radius 3 is 1.86 bits per heavy atom. The first kappa shape index (κ1) is 17.4. The van der Waals surface area contributed by atoms with Gasteiger partial charge in [0.2, 0.25) is 0 Å². The summed E-state index contributed by atoms with van der Waals surface area (Å²) in [5.41, 5.74) is 2.95. The van der Waals surface area contributed by atoms with Crippen molar-refractivity contribution >= 4 is 17.8 Å². The predicted octanol–water partition coefficient (Wildman–Crippen LogP) is 1.24. The molecule has 2 aromatic carbocycles. The van der Waals surface area contributed by atoms with Gasteiger partial charge in [0.15, 0.2) is 0 Å². The Bertz CT molecular complexity index is 610. The molecule has 0 aliphatic carbocycles. The van der Waals surface area contributed by atoms with Crippen molar-refractivity contribution in [1.29, 1.82) is 0 Å². The molecule has 0 bridgehead atoms. The molecular weight excluding hydrogens is 273 g/mol. The van der Waals surface area contributed by atoms with Gasteiger partial charge in [0.05, 0.1) is 5.69 Å². The average molecular weight is 291 g/mol. The van der Waals surface area contributed by atoms with Gasteiger partial charge < -0.3 is 6.53 Å². The summed E-state index contributed by atoms with van der Waals surface area (Å²) in [6, 6.07) is 14.9. The van der Waals surface area contributed by atoms with Crippen molar-refractivity contribution in [3.05, 3.63) is 59.7 Å². The van der Waals surface area contributed by atoms with Crippen LogP contribution in [0.5, 0.6) is 5.75 Å². The van der Waals surface area contributed by atoms with E-state index in [1.807, 2.05) is 62.6 Å². The first-order chi connectivity index (χ1) is 9.63. The van der Waals surface area contributed by atoms with E-state index in [0.29, 0.717) is 0 Å². The number of nitrogens with zero attached hydrogens (tertiary/aromatic N) is 3. The minimum Gasteiger partial charge on any atom is -1.00 e. The van der Waals surface area contributed by atoms with Gasteiger partial charge in [0.1, 0.15) is 5.75 Å². The third kappa shape index (κ3) is 6.12. The molecule has 0 atom stereocenters. The maximum absolute atomic E-state index is 9.22. The van der Waals surface area contributed by atoms with Crippen molar-refractivity contribution < 1.29 is 36.1 Å². The van der Waals surface area contributed by atoms with Crippen LogP contribution in [-0.2, 0) is 0 Å². The van der Waals surface area contributed by atoms with E-state index in [0.717, 1.165) is 16.8 Å². The van der Waals surface area contributed by atoms with Gasteiger partial charge in [0, 0.05) is 14.1 Å². The quantitative estimate of drug-likeness (QED) is 0.399. The van der Waals surface area contributed by atoms with Crippen LogP contribution in [0.4, 0.5) is 5.69 Å². The Hall–Kier alpha value is -1.62. The standard InChI is InChI=1S/C16H17N3O.Na.H/c1-19(2)18-17-15-9-5-13(6-10-15)3-4-14-7-11-16(20)12-8-14;;/h3-12,20H,1-2H3;;/q;+1;-1/b4-3-,18-17?;;. The zero-order valence-corrected chi connectivity index (χ0v) is 14.6. The second-order valence-electron chi connectivity index (χ2n) is 4.55. The minimum absolute atomic E-state index is 0. The molecule has 0 spiro atoms. The first-order valence-electron chi connectivity index (χ1n) is 6.30. The molecule has 0 radical (unpaired) electrons. The van der Waals surface area contributed by atoms with Crippen LogP contribution < -0.4 is 29.6 Å². The van der Waals surface area contributed by atoms with Gasteiger partial charge in [-0.1, -0.05) is 41.6 Å². The summed E-state index contributed by atoms with van der Waals surface area (Å²) in [6.07, 6.45) is 4.01. The van der Waals surface area contributed by atoms with Crippen molar-refractivity contribution in [2.45, 2.75) is 0 Å². The van der Waals surface area contributed by atoms with Crippen LogP contribution in [0.3, 0.4) is 0 Å². The molecule has 0 amide bonds. The first-order valence-corrected chi connectivity index (χ1v) is 6.30. The molecule has 21 heavy (non-hydrogen) atoms. The van der Waals surface area contributed by atoms with E-state index < -0.39 is 0 Å². The average Bonchev–Trinajstić information content (AvgIpc) is 2.45. The van der Waals surface area contributed by atoms with E-state index in [-0.39, 0.29) is 36.7 Å². The van der Waals surface area contributed by atoms with Crippen LogP contribution in [0.15, 0.2) is 58.9 Å². The van der Waals surface area contributed by atoms with Crippen LogP contribution in [0.25, 0.3) is 12.2 Å². The normalized spacial score (nSPS) is 10.8. The molecule has 0 saturated carbocycles. The van der Waals surface area contributed by atoms with Crippen molar-refractivity contribution in [2.75, 3.05) is 14.1 Å². The van der Waals surface area contributed by atoms with E-state index in [1.54, 1.807) is 17.1 Å². The monoisotopic (exact) mass is 291 g/mol. The minimum atomic E-state index is 0. The number of hydrogen-bond acceptors (Lipinski definition) is 3. The third-order valence-electron chi connectivity index (χ3n) is 2.59. The number of hydrogen-bond donors (Lipinski definition) is 1. The Kier molecular flexibility index (Phi) is 7.15. The van der Waals surface area contributed by atoms with Crippen LogP contribution in [0.1, 0.15) is 12.6 Å². The molecule has 2 aromatic rings. The van der Waals surface area contributed by atoms with Crippen LogP contribution in [0.2, 0.25) is 0 Å². The molecule has 4 nitrogen and oxygen atoms in total. The van der Waals surface area contributed by atoms with Crippen LogP contribution in [0, 0.1) is 0 Å². The van der Waals surface area contributed by atoms with Gasteiger partial charge in [-0.25, -0.2) is 0 Å². The second kappa shape index (κ2) is 8.62. The topological polar surface area (TPSA) is 48.2 Å². The van der Waals surface area contributed by atoms with Crippen molar-refractivity contribution in [3.8, 4) is 5.75 Å². The summed E-state index contributed by atoms with van der Waals surface area (Å²) < 4.78 is 0. The van der Waals surface area contributed by atoms with E-state index in [9.17, 15) is 5.11 Å². The fourth-order valence-electron chi connectivity index (χ4n) is 1.57. The van der Waals surface area contributed by atoms with Crippen molar-refractivity contribution in [1.82, 2.24) is 5.01 Å². The van der Waals surface area contributed by atoms with E-state index >= 15 is 0 Å². The number of phenolic OH excluding ortho intramolecular Hbond substituents is 1. The Morgan fingerprint density at radius 2 is 1.38 bits per heavy atom. The summed E-state index contributed by atoms with van der Waals surface area (Å²) in [6.45, 7) is 0. The second-order valence-corrected chi connectivity index (χ2v) is 4.55. The molecule has 0 unspecified atom stereocenters. The molecule has 0 heterocycles. The zero-order chi connectivity index (χ0) is 14.4. The van der Waals surface area contributed by atoms with E-state index in [1.165, 1.54) is 0 Å². The van der Waals surface area contributed by atoms with Crippen molar-refractivity contribution in [2.24, 2.45) is 10.3 Å². The number of phenols is 1. The van der Waals surface area contributed by atoms with Crippen LogP contribution in [-0.4, -0.2) is 24.2 Å². The largest absolute Gasteiger partial charge is 1.00 e. The van der Waals surface area contributed by atoms with Gasteiger partial charge >= 0.3 is 29.6 Å². The van der Waals surface area contributed by atoms with E-state index in [4.69, 9.17) is 0 Å². The summed E-state index contributed by atoms with van der Waals surface area (Å²) in [5.74, 6) is 0.276. The maximum atomic E-state index is 9.22. The summed E-state index contributed by atoms with van der Waals surface area (Å²) in [5, 5.41) is 18.9. The maximum Gasteiger partial charge on any atom is 1.00 e. The van der Waals surface area contributed by atoms with Gasteiger partial charge in [-0.2, -0.15) is 0 Å². The molecule has 0 aromatic heterocycles. The molecular formula is C16H18N3NaO. The van der Waals surface area contributed by atoms with Gasteiger partial charge in [0.25, 0.3) is 0 Å². The zero-order valence-electron chi connectivity index (χ0n) is 13.6. The smallest absolute Gasteiger partial charge is 1.00 e. The SMILES string of the molecule is CN(C)N=Nc1ccc(/C=C\c2ccc(O)cc2)cc1.[H-].[Na+]. The van der Waals surface area contributed by atoms with Gasteiger partial charge in [-0.05, 0) is 35.4 Å². The Labute approximate surface area is 148 Å². The molecule has 1 N–H and O–H groups in total. The molecule has 0 saturated heterocycles. The molecule has 0 fully saturated rings. The van der Waals surface area contributed by atoms with Gasteiger partial charge in [-0.3, -0.25) is 5.01 Å². The summed E-state index contributed by atoms with van der Waals surface area (Å²) in [4.78, 5) is 0. The Balaban J connectivity index is 0.00000220.